The van der Waals surface area contributed by atoms with Crippen LogP contribution in [0, 0.1) is 17.8 Å². The van der Waals surface area contributed by atoms with Gasteiger partial charge in [0, 0.05) is 24.2 Å². The molecule has 1 saturated carbocycles. The van der Waals surface area contributed by atoms with E-state index in [4.69, 9.17) is 14.2 Å². The van der Waals surface area contributed by atoms with Crippen LogP contribution < -0.4 is 14.8 Å². The van der Waals surface area contributed by atoms with Gasteiger partial charge in [-0.25, -0.2) is 0 Å². The summed E-state index contributed by atoms with van der Waals surface area (Å²) in [5.41, 5.74) is 2.34. The Kier molecular flexibility index (Phi) is 11.0. The molecule has 0 radical (unpaired) electrons. The summed E-state index contributed by atoms with van der Waals surface area (Å²) < 4.78 is 18.3. The van der Waals surface area contributed by atoms with Gasteiger partial charge in [0.15, 0.2) is 11.5 Å². The lowest BCUT2D eigenvalue weighted by Crippen LogP contribution is -2.56. The second kappa shape index (κ2) is 15.0. The highest BCUT2D eigenvalue weighted by molar-refractivity contribution is 5.96. The normalized spacial score (nSPS) is 26.9. The zero-order valence-electron chi connectivity index (χ0n) is 27.2. The summed E-state index contributed by atoms with van der Waals surface area (Å²) in [6, 6.07) is 12.0. The van der Waals surface area contributed by atoms with Crippen LogP contribution >= 0.6 is 0 Å². The lowest BCUT2D eigenvalue weighted by molar-refractivity contribution is -0.148. The number of rotatable bonds is 12. The molecule has 10 nitrogen and oxygen atoms in total. The second-order valence-electron chi connectivity index (χ2n) is 13.2. The van der Waals surface area contributed by atoms with Crippen molar-refractivity contribution in [3.8, 4) is 11.5 Å². The number of carbonyl (C=O) groups excluding carboxylic acids is 2. The predicted octanol–water partition coefficient (Wildman–Crippen LogP) is 3.32. The van der Waals surface area contributed by atoms with Gasteiger partial charge in [-0.1, -0.05) is 57.5 Å². The van der Waals surface area contributed by atoms with Gasteiger partial charge in [-0.05, 0) is 59.9 Å². The Morgan fingerprint density at radius 2 is 1.87 bits per heavy atom. The van der Waals surface area contributed by atoms with Crippen LogP contribution in [0.2, 0.25) is 0 Å². The number of hydrogen-bond acceptors (Lipinski definition) is 8. The Balaban J connectivity index is 1.51. The Labute approximate surface area is 271 Å². The van der Waals surface area contributed by atoms with Crippen LogP contribution in [0.4, 0.5) is 0 Å². The molecule has 5 rings (SSSR count). The lowest BCUT2D eigenvalue weighted by Gasteiger charge is -2.41. The molecule has 0 unspecified atom stereocenters. The maximum absolute atomic E-state index is 14.2. The number of aliphatic hydroxyl groups is 3. The molecule has 10 heteroatoms. The van der Waals surface area contributed by atoms with E-state index in [-0.39, 0.29) is 44.9 Å². The topological polar surface area (TPSA) is 138 Å². The van der Waals surface area contributed by atoms with Crippen molar-refractivity contribution in [3.05, 3.63) is 70.8 Å². The largest absolute Gasteiger partial charge is 0.493 e. The Morgan fingerprint density at radius 1 is 1.11 bits per heavy atom. The number of hydrogen-bond donors (Lipinski definition) is 4. The van der Waals surface area contributed by atoms with Gasteiger partial charge in [-0.15, -0.1) is 0 Å². The first-order valence-corrected chi connectivity index (χ1v) is 16.4. The zero-order chi connectivity index (χ0) is 33.0. The van der Waals surface area contributed by atoms with Crippen LogP contribution in [0.15, 0.2) is 54.1 Å². The standard InChI is InChI=1S/C36H48N2O8/c1-21(2)25-11-10-22(3)14-29(25)45-20-31(41)38(18-23-8-6-5-7-9-23)28-17-27(36(43)37-12-13-39)32-26-15-24(19-40)16-30(44-4)34(26)46-35(32)33(28)42/h5-9,15-17,21-22,25,28-29,32-33,35,39-40,42H,10-14,18-20H2,1-4H3,(H,37,43)/t22-,25+,28+,29-,32-,33-,35-/m0/s1. The van der Waals surface area contributed by atoms with Crippen LogP contribution in [0.25, 0.3) is 0 Å². The van der Waals surface area contributed by atoms with E-state index in [2.05, 4.69) is 26.1 Å². The monoisotopic (exact) mass is 636 g/mol. The molecule has 1 heterocycles. The molecule has 2 aromatic carbocycles. The fraction of sp³-hybridized carbons (Fsp3) is 0.556. The van der Waals surface area contributed by atoms with E-state index in [0.717, 1.165) is 24.8 Å². The number of fused-ring (bicyclic) bond motifs is 3. The number of ether oxygens (including phenoxy) is 3. The van der Waals surface area contributed by atoms with Gasteiger partial charge in [0.1, 0.15) is 18.8 Å². The van der Waals surface area contributed by atoms with Crippen LogP contribution in [-0.4, -0.2) is 83.3 Å². The van der Waals surface area contributed by atoms with Crippen molar-refractivity contribution in [2.75, 3.05) is 26.9 Å². The maximum Gasteiger partial charge on any atom is 0.249 e. The van der Waals surface area contributed by atoms with Crippen molar-refractivity contribution in [1.29, 1.82) is 0 Å². The maximum atomic E-state index is 14.2. The highest BCUT2D eigenvalue weighted by atomic mass is 16.5. The van der Waals surface area contributed by atoms with E-state index in [0.29, 0.717) is 46.0 Å². The molecular weight excluding hydrogens is 588 g/mol. The van der Waals surface area contributed by atoms with Crippen LogP contribution in [0.1, 0.15) is 62.6 Å². The summed E-state index contributed by atoms with van der Waals surface area (Å²) in [6.45, 7) is 6.18. The fourth-order valence-electron chi connectivity index (χ4n) is 7.33. The van der Waals surface area contributed by atoms with Crippen molar-refractivity contribution in [3.63, 3.8) is 0 Å². The number of amides is 2. The third-order valence-corrected chi connectivity index (χ3v) is 9.75. The molecule has 250 valence electrons. The summed E-state index contributed by atoms with van der Waals surface area (Å²) in [4.78, 5) is 29.4. The summed E-state index contributed by atoms with van der Waals surface area (Å²) in [5, 5.41) is 34.1. The van der Waals surface area contributed by atoms with Gasteiger partial charge >= 0.3 is 0 Å². The number of nitrogens with zero attached hydrogens (tertiary/aromatic N) is 1. The van der Waals surface area contributed by atoms with Crippen molar-refractivity contribution in [2.24, 2.45) is 17.8 Å². The first-order chi connectivity index (χ1) is 22.2. The Hall–Kier alpha value is -3.44. The summed E-state index contributed by atoms with van der Waals surface area (Å²) in [5.74, 6) is 0.628. The van der Waals surface area contributed by atoms with E-state index >= 15 is 0 Å². The minimum absolute atomic E-state index is 0.0336. The smallest absolute Gasteiger partial charge is 0.249 e. The zero-order valence-corrected chi connectivity index (χ0v) is 27.2. The molecule has 0 aromatic heterocycles. The van der Waals surface area contributed by atoms with Crippen molar-refractivity contribution in [1.82, 2.24) is 10.2 Å². The molecule has 2 aliphatic carbocycles. The minimum Gasteiger partial charge on any atom is -0.493 e. The van der Waals surface area contributed by atoms with E-state index in [9.17, 15) is 24.9 Å². The predicted molar refractivity (Wildman–Crippen MR) is 172 cm³/mol. The number of aliphatic hydroxyl groups excluding tert-OH is 3. The SMILES string of the molecule is COc1cc(CO)cc2c1O[C@@H]1[C@@H](O)[C@H](N(Cc3ccccc3)C(=O)CO[C@H]3C[C@@H](C)CC[C@@H]3C(C)C)C=C(C(=O)NCCO)[C@H]21. The highest BCUT2D eigenvalue weighted by Gasteiger charge is 2.51. The van der Waals surface area contributed by atoms with Gasteiger partial charge in [0.05, 0.1) is 38.4 Å². The lowest BCUT2D eigenvalue weighted by atomic mass is 9.75. The highest BCUT2D eigenvalue weighted by Crippen LogP contribution is 2.51. The Bertz CT molecular complexity index is 1400. The molecular formula is C36H48N2O8. The van der Waals surface area contributed by atoms with Crippen molar-refractivity contribution >= 4 is 11.8 Å². The van der Waals surface area contributed by atoms with Crippen LogP contribution in [-0.2, 0) is 27.5 Å². The van der Waals surface area contributed by atoms with E-state index in [1.54, 1.807) is 23.1 Å². The number of carbonyl (C=O) groups is 2. The molecule has 0 spiro atoms. The minimum atomic E-state index is -1.21. The van der Waals surface area contributed by atoms with Crippen LogP contribution in [0.5, 0.6) is 11.5 Å². The third kappa shape index (κ3) is 7.10. The molecule has 46 heavy (non-hydrogen) atoms. The first kappa shape index (κ1) is 33.9. The molecule has 7 atom stereocenters. The molecule has 2 aromatic rings. The average molecular weight is 637 g/mol. The third-order valence-electron chi connectivity index (χ3n) is 9.75. The number of methoxy groups -OCH3 is 1. The molecule has 2 amide bonds. The number of nitrogens with one attached hydrogen (secondary N) is 1. The first-order valence-electron chi connectivity index (χ1n) is 16.4. The van der Waals surface area contributed by atoms with Gasteiger partial charge in [0.2, 0.25) is 11.8 Å². The molecule has 3 aliphatic rings. The summed E-state index contributed by atoms with van der Waals surface area (Å²) in [6.07, 6.45) is 2.58. The van der Waals surface area contributed by atoms with Gasteiger partial charge in [-0.2, -0.15) is 0 Å². The van der Waals surface area contributed by atoms with E-state index < -0.39 is 30.1 Å². The Morgan fingerprint density at radius 3 is 2.54 bits per heavy atom. The van der Waals surface area contributed by atoms with E-state index in [1.807, 2.05) is 30.3 Å². The fourth-order valence-corrected chi connectivity index (χ4v) is 7.33. The van der Waals surface area contributed by atoms with Crippen LogP contribution in [0.3, 0.4) is 0 Å². The van der Waals surface area contributed by atoms with Gasteiger partial charge < -0.3 is 39.7 Å². The van der Waals surface area contributed by atoms with E-state index in [1.165, 1.54) is 7.11 Å². The molecule has 1 aliphatic heterocycles. The molecule has 1 fully saturated rings. The average Bonchev–Trinajstić information content (AvgIpc) is 3.45. The summed E-state index contributed by atoms with van der Waals surface area (Å²) >= 11 is 0. The molecule has 0 bridgehead atoms. The molecule has 4 N–H and O–H groups in total. The quantitative estimate of drug-likeness (QED) is 0.279. The van der Waals surface area contributed by atoms with Crippen molar-refractivity contribution in [2.45, 2.75) is 83.5 Å². The summed E-state index contributed by atoms with van der Waals surface area (Å²) in [7, 11) is 1.49. The second-order valence-corrected chi connectivity index (χ2v) is 13.2. The van der Waals surface area contributed by atoms with Gasteiger partial charge in [0.25, 0.3) is 0 Å². The molecule has 0 saturated heterocycles. The van der Waals surface area contributed by atoms with Gasteiger partial charge in [-0.3, -0.25) is 9.59 Å². The van der Waals surface area contributed by atoms with Crippen molar-refractivity contribution < 1.29 is 39.1 Å². The number of benzene rings is 2.